The summed E-state index contributed by atoms with van der Waals surface area (Å²) < 4.78 is 0. The van der Waals surface area contributed by atoms with Crippen LogP contribution in [-0.4, -0.2) is 23.1 Å². The van der Waals surface area contributed by atoms with Crippen LogP contribution in [0.25, 0.3) is 6.08 Å². The monoisotopic (exact) mass is 448 g/mol. The zero-order valence-electron chi connectivity index (χ0n) is 19.0. The van der Waals surface area contributed by atoms with Crippen LogP contribution < -0.4 is 0 Å². The Labute approximate surface area is 198 Å². The van der Waals surface area contributed by atoms with Crippen molar-refractivity contribution in [1.29, 1.82) is 0 Å². The molecule has 5 rings (SSSR count). The van der Waals surface area contributed by atoms with Gasteiger partial charge in [-0.3, -0.25) is 19.2 Å². The molecule has 0 heterocycles. The number of fused-ring (bicyclic) bond motifs is 3. The van der Waals surface area contributed by atoms with Crippen LogP contribution in [0.4, 0.5) is 0 Å². The van der Waals surface area contributed by atoms with E-state index in [-0.39, 0.29) is 23.1 Å². The van der Waals surface area contributed by atoms with Gasteiger partial charge in [-0.15, -0.1) is 0 Å². The van der Waals surface area contributed by atoms with E-state index in [9.17, 15) is 19.2 Å². The smallest absolute Gasteiger partial charge is 0.182 e. The quantitative estimate of drug-likeness (QED) is 0.674. The van der Waals surface area contributed by atoms with Crippen molar-refractivity contribution in [1.82, 2.24) is 0 Å². The molecular formula is C30H24O4. The average molecular weight is 449 g/mol. The van der Waals surface area contributed by atoms with Gasteiger partial charge in [-0.2, -0.15) is 0 Å². The van der Waals surface area contributed by atoms with Crippen LogP contribution in [0.1, 0.15) is 30.9 Å². The van der Waals surface area contributed by atoms with Crippen LogP contribution in [0.5, 0.6) is 0 Å². The Morgan fingerprint density at radius 3 is 2.06 bits per heavy atom. The fraction of sp³-hybridized carbons (Fsp3) is 0.200. The Hall–Kier alpha value is -3.92. The summed E-state index contributed by atoms with van der Waals surface area (Å²) >= 11 is 0. The molecule has 2 aromatic rings. The van der Waals surface area contributed by atoms with Crippen molar-refractivity contribution < 1.29 is 19.2 Å². The number of ketones is 4. The van der Waals surface area contributed by atoms with Gasteiger partial charge in [0.2, 0.25) is 0 Å². The zero-order chi connectivity index (χ0) is 24.0. The number of carbonyl (C=O) groups excluding carboxylic acids is 4. The number of allylic oxidation sites excluding steroid dienone is 7. The molecule has 0 amide bonds. The molecule has 4 nitrogen and oxygen atoms in total. The van der Waals surface area contributed by atoms with Crippen molar-refractivity contribution in [3.05, 3.63) is 113 Å². The molecule has 0 aliphatic heterocycles. The highest BCUT2D eigenvalue weighted by Gasteiger charge is 2.62. The predicted octanol–water partition coefficient (Wildman–Crippen LogP) is 4.84. The lowest BCUT2D eigenvalue weighted by Crippen LogP contribution is -2.56. The summed E-state index contributed by atoms with van der Waals surface area (Å²) in [5.41, 5.74) is 1.32. The molecule has 4 heteroatoms. The minimum Gasteiger partial charge on any atom is -0.294 e. The number of hydrogen-bond acceptors (Lipinski definition) is 4. The van der Waals surface area contributed by atoms with Gasteiger partial charge in [-0.05, 0) is 48.3 Å². The third-order valence-corrected chi connectivity index (χ3v) is 7.30. The van der Waals surface area contributed by atoms with Crippen LogP contribution >= 0.6 is 0 Å². The lowest BCUT2D eigenvalue weighted by molar-refractivity contribution is -0.141. The van der Waals surface area contributed by atoms with E-state index >= 15 is 0 Å². The molecule has 168 valence electrons. The third kappa shape index (κ3) is 3.21. The van der Waals surface area contributed by atoms with E-state index in [0.29, 0.717) is 16.7 Å². The van der Waals surface area contributed by atoms with Crippen molar-refractivity contribution in [3.63, 3.8) is 0 Å². The molecule has 3 aliphatic carbocycles. The third-order valence-electron chi connectivity index (χ3n) is 7.30. The van der Waals surface area contributed by atoms with Crippen molar-refractivity contribution in [2.24, 2.45) is 17.3 Å². The minimum absolute atomic E-state index is 0.224. The van der Waals surface area contributed by atoms with Crippen molar-refractivity contribution in [3.8, 4) is 0 Å². The summed E-state index contributed by atoms with van der Waals surface area (Å²) in [6, 6.07) is 19.0. The topological polar surface area (TPSA) is 68.3 Å². The summed E-state index contributed by atoms with van der Waals surface area (Å²) in [4.78, 5) is 54.2. The number of benzene rings is 2. The van der Waals surface area contributed by atoms with Gasteiger partial charge < -0.3 is 0 Å². The van der Waals surface area contributed by atoms with E-state index < -0.39 is 23.2 Å². The van der Waals surface area contributed by atoms with Gasteiger partial charge >= 0.3 is 0 Å². The normalized spacial score (nSPS) is 28.8. The SMILES string of the molecule is CC1=CC(=O)C2=C[C@H](c3ccccc3)[C@]3(/C=C/c4ccccc4)C(=O)C=C(C)C(=O)[C@@H]3[C@@H]2C1=O. The Morgan fingerprint density at radius 2 is 1.38 bits per heavy atom. The van der Waals surface area contributed by atoms with E-state index in [4.69, 9.17) is 0 Å². The Bertz CT molecular complexity index is 1340. The Morgan fingerprint density at radius 1 is 0.765 bits per heavy atom. The standard InChI is InChI=1S/C30H24O4/c1-18-15-24(31)22-17-23(21-11-7-4-8-12-21)30(14-13-20-9-5-3-6-10-20)25(32)16-19(2)29(34)27(30)26(22)28(18)33/h3-17,23,26-27H,1-2H3/b14-13+/t23-,26-,27+,30-/m1/s1. The van der Waals surface area contributed by atoms with Gasteiger partial charge in [-0.1, -0.05) is 78.9 Å². The van der Waals surface area contributed by atoms with E-state index in [1.54, 1.807) is 26.0 Å². The molecule has 0 aromatic heterocycles. The number of rotatable bonds is 3. The Balaban J connectivity index is 1.83. The van der Waals surface area contributed by atoms with Gasteiger partial charge in [0.25, 0.3) is 0 Å². The van der Waals surface area contributed by atoms with Crippen LogP contribution in [0.2, 0.25) is 0 Å². The maximum Gasteiger partial charge on any atom is 0.182 e. The molecule has 0 spiro atoms. The van der Waals surface area contributed by atoms with E-state index in [0.717, 1.165) is 11.1 Å². The van der Waals surface area contributed by atoms with Crippen LogP contribution in [-0.2, 0) is 19.2 Å². The molecule has 2 aromatic carbocycles. The molecule has 0 saturated carbocycles. The largest absolute Gasteiger partial charge is 0.294 e. The summed E-state index contributed by atoms with van der Waals surface area (Å²) in [6.45, 7) is 3.21. The molecule has 4 atom stereocenters. The lowest BCUT2D eigenvalue weighted by Gasteiger charge is -2.50. The maximum absolute atomic E-state index is 13.9. The molecule has 0 radical (unpaired) electrons. The van der Waals surface area contributed by atoms with E-state index in [1.807, 2.05) is 66.7 Å². The molecule has 34 heavy (non-hydrogen) atoms. The van der Waals surface area contributed by atoms with E-state index in [1.165, 1.54) is 12.2 Å². The molecule has 0 bridgehead atoms. The molecular weight excluding hydrogens is 424 g/mol. The van der Waals surface area contributed by atoms with Crippen molar-refractivity contribution in [2.75, 3.05) is 0 Å². The summed E-state index contributed by atoms with van der Waals surface area (Å²) in [6.07, 6.45) is 8.15. The highest BCUT2D eigenvalue weighted by Crippen LogP contribution is 2.58. The summed E-state index contributed by atoms with van der Waals surface area (Å²) in [5.74, 6) is -3.56. The first kappa shape index (κ1) is 21.9. The van der Waals surface area contributed by atoms with Gasteiger partial charge in [0, 0.05) is 11.5 Å². The Kier molecular flexibility index (Phi) is 5.24. The van der Waals surface area contributed by atoms with Crippen molar-refractivity contribution >= 4 is 29.2 Å². The van der Waals surface area contributed by atoms with Gasteiger partial charge in [0.05, 0.1) is 17.3 Å². The van der Waals surface area contributed by atoms with Crippen LogP contribution in [0.3, 0.4) is 0 Å². The molecule has 0 fully saturated rings. The lowest BCUT2D eigenvalue weighted by atomic mass is 9.48. The molecule has 3 aliphatic rings. The first-order chi connectivity index (χ1) is 16.3. The van der Waals surface area contributed by atoms with Gasteiger partial charge in [0.1, 0.15) is 0 Å². The van der Waals surface area contributed by atoms with Crippen molar-refractivity contribution in [2.45, 2.75) is 19.8 Å². The maximum atomic E-state index is 13.9. The second kappa shape index (κ2) is 8.14. The summed E-state index contributed by atoms with van der Waals surface area (Å²) in [7, 11) is 0. The highest BCUT2D eigenvalue weighted by atomic mass is 16.2. The summed E-state index contributed by atoms with van der Waals surface area (Å²) in [5, 5.41) is 0. The minimum atomic E-state index is -1.32. The van der Waals surface area contributed by atoms with Gasteiger partial charge in [-0.25, -0.2) is 0 Å². The number of Topliss-reactive ketones (excluding diaryl/α,β-unsaturated/α-hetero) is 2. The highest BCUT2D eigenvalue weighted by molar-refractivity contribution is 6.23. The molecule has 0 saturated heterocycles. The fourth-order valence-electron chi connectivity index (χ4n) is 5.63. The fourth-order valence-corrected chi connectivity index (χ4v) is 5.63. The van der Waals surface area contributed by atoms with E-state index in [2.05, 4.69) is 0 Å². The number of hydrogen-bond donors (Lipinski definition) is 0. The van der Waals surface area contributed by atoms with Crippen LogP contribution in [0.15, 0.2) is 102 Å². The first-order valence-electron chi connectivity index (χ1n) is 11.4. The first-order valence-corrected chi connectivity index (χ1v) is 11.4. The van der Waals surface area contributed by atoms with Crippen LogP contribution in [0, 0.1) is 17.3 Å². The average Bonchev–Trinajstić information content (AvgIpc) is 2.85. The number of carbonyl (C=O) groups is 4. The predicted molar refractivity (Wildman–Crippen MR) is 130 cm³/mol. The van der Waals surface area contributed by atoms with Gasteiger partial charge in [0.15, 0.2) is 23.1 Å². The second-order valence-corrected chi connectivity index (χ2v) is 9.25. The molecule has 0 unspecified atom stereocenters. The second-order valence-electron chi connectivity index (χ2n) is 9.25. The zero-order valence-corrected chi connectivity index (χ0v) is 19.0. The molecule has 0 N–H and O–H groups in total.